The molecule has 1 aliphatic heterocycles. The second-order valence-corrected chi connectivity index (χ2v) is 6.56. The van der Waals surface area contributed by atoms with Gasteiger partial charge in [0.05, 0.1) is 0 Å². The highest BCUT2D eigenvalue weighted by Crippen LogP contribution is 2.40. The van der Waals surface area contributed by atoms with E-state index in [-0.39, 0.29) is 24.8 Å². The highest BCUT2D eigenvalue weighted by molar-refractivity contribution is 6.31. The molecule has 0 aromatic heterocycles. The minimum atomic E-state index is 0. The number of piperazine rings is 1. The zero-order valence-electron chi connectivity index (χ0n) is 13.0. The lowest BCUT2D eigenvalue weighted by Crippen LogP contribution is -2.47. The molecule has 126 valence electrons. The first kappa shape index (κ1) is 20.1. The van der Waals surface area contributed by atoms with Crippen LogP contribution in [0.3, 0.4) is 0 Å². The van der Waals surface area contributed by atoms with Gasteiger partial charge < -0.3 is 5.32 Å². The Kier molecular flexibility index (Phi) is 9.11. The molecule has 0 unspecified atom stereocenters. The summed E-state index contributed by atoms with van der Waals surface area (Å²) in [5.41, 5.74) is 1.35. The molecule has 1 atom stereocenters. The van der Waals surface area contributed by atoms with Gasteiger partial charge in [-0.25, -0.2) is 0 Å². The van der Waals surface area contributed by atoms with E-state index < -0.39 is 0 Å². The lowest BCUT2D eigenvalue weighted by molar-refractivity contribution is 0.103. The Bertz CT molecular complexity index is 412. The van der Waals surface area contributed by atoms with Crippen molar-refractivity contribution in [3.63, 3.8) is 0 Å². The van der Waals surface area contributed by atoms with Gasteiger partial charge in [0.2, 0.25) is 0 Å². The van der Waals surface area contributed by atoms with Gasteiger partial charge in [0.25, 0.3) is 0 Å². The maximum absolute atomic E-state index is 6.52. The fraction of sp³-hybridized carbons (Fsp3) is 0.647. The molecule has 0 radical (unpaired) electrons. The van der Waals surface area contributed by atoms with Crippen LogP contribution < -0.4 is 5.32 Å². The summed E-state index contributed by atoms with van der Waals surface area (Å²) in [4.78, 5) is 2.66. The van der Waals surface area contributed by atoms with Crippen LogP contribution in [0, 0.1) is 5.92 Å². The Balaban J connectivity index is 0.00000121. The fourth-order valence-corrected chi connectivity index (χ4v) is 4.12. The Morgan fingerprint density at radius 2 is 1.64 bits per heavy atom. The van der Waals surface area contributed by atoms with Crippen molar-refractivity contribution in [1.82, 2.24) is 10.2 Å². The summed E-state index contributed by atoms with van der Waals surface area (Å²) in [6.45, 7) is 4.50. The molecule has 5 heteroatoms. The molecular formula is C17H27Cl3N2. The largest absolute Gasteiger partial charge is 0.314 e. The topological polar surface area (TPSA) is 15.3 Å². The van der Waals surface area contributed by atoms with E-state index in [0.29, 0.717) is 6.04 Å². The molecule has 22 heavy (non-hydrogen) atoms. The molecule has 2 fully saturated rings. The molecular weight excluding hydrogens is 339 g/mol. The van der Waals surface area contributed by atoms with Crippen LogP contribution in [0.25, 0.3) is 0 Å². The third-order valence-corrected chi connectivity index (χ3v) is 5.21. The van der Waals surface area contributed by atoms with E-state index in [9.17, 15) is 0 Å². The molecule has 0 spiro atoms. The number of hydrogen-bond acceptors (Lipinski definition) is 2. The fourth-order valence-electron chi connectivity index (χ4n) is 3.87. The van der Waals surface area contributed by atoms with Crippen LogP contribution in [0.15, 0.2) is 24.3 Å². The summed E-state index contributed by atoms with van der Waals surface area (Å²) >= 11 is 6.52. The van der Waals surface area contributed by atoms with Crippen molar-refractivity contribution in [2.45, 2.75) is 38.1 Å². The highest BCUT2D eigenvalue weighted by atomic mass is 35.5. The van der Waals surface area contributed by atoms with Gasteiger partial charge in [-0.05, 0) is 30.4 Å². The van der Waals surface area contributed by atoms with Crippen molar-refractivity contribution in [2.24, 2.45) is 5.92 Å². The second-order valence-electron chi connectivity index (χ2n) is 6.15. The highest BCUT2D eigenvalue weighted by Gasteiger charge is 2.31. The summed E-state index contributed by atoms with van der Waals surface area (Å²) in [5, 5.41) is 4.41. The van der Waals surface area contributed by atoms with E-state index in [4.69, 9.17) is 11.6 Å². The molecule has 1 N–H and O–H groups in total. The van der Waals surface area contributed by atoms with Crippen LogP contribution in [-0.4, -0.2) is 31.1 Å². The van der Waals surface area contributed by atoms with Crippen LogP contribution >= 0.6 is 36.4 Å². The van der Waals surface area contributed by atoms with Gasteiger partial charge >= 0.3 is 0 Å². The van der Waals surface area contributed by atoms with Crippen LogP contribution in [0.5, 0.6) is 0 Å². The zero-order valence-corrected chi connectivity index (χ0v) is 15.4. The standard InChI is InChI=1S/C17H25ClN2.2ClH/c18-16-9-5-4-8-15(16)17(14-6-2-1-3-7-14)20-12-10-19-11-13-20;;/h4-5,8-9,14,17,19H,1-3,6-7,10-13H2;2*1H/t17-;;/m1../s1. The maximum atomic E-state index is 6.52. The maximum Gasteiger partial charge on any atom is 0.0453 e. The molecule has 1 saturated heterocycles. The quantitative estimate of drug-likeness (QED) is 0.834. The van der Waals surface area contributed by atoms with Gasteiger partial charge in [0.15, 0.2) is 0 Å². The Labute approximate surface area is 151 Å². The Morgan fingerprint density at radius 1 is 1.00 bits per heavy atom. The van der Waals surface area contributed by atoms with Gasteiger partial charge in [0.1, 0.15) is 0 Å². The Hall–Kier alpha value is 0.01000. The normalized spacial score (nSPS) is 21.5. The van der Waals surface area contributed by atoms with E-state index >= 15 is 0 Å². The predicted octanol–water partition coefficient (Wildman–Crippen LogP) is 4.71. The van der Waals surface area contributed by atoms with E-state index in [1.54, 1.807) is 0 Å². The predicted molar refractivity (Wildman–Crippen MR) is 99.7 cm³/mol. The first-order chi connectivity index (χ1) is 9.86. The molecule has 0 amide bonds. The van der Waals surface area contributed by atoms with E-state index in [0.717, 1.165) is 37.1 Å². The molecule has 1 saturated carbocycles. The number of hydrogen-bond donors (Lipinski definition) is 1. The zero-order chi connectivity index (χ0) is 13.8. The van der Waals surface area contributed by atoms with Crippen molar-refractivity contribution >= 4 is 36.4 Å². The van der Waals surface area contributed by atoms with Crippen LogP contribution in [0.1, 0.15) is 43.7 Å². The lowest BCUT2D eigenvalue weighted by atomic mass is 9.80. The summed E-state index contributed by atoms with van der Waals surface area (Å²) in [7, 11) is 0. The molecule has 2 aliphatic rings. The Morgan fingerprint density at radius 3 is 2.27 bits per heavy atom. The number of nitrogens with one attached hydrogen (secondary N) is 1. The molecule has 1 aromatic carbocycles. The molecule has 1 aromatic rings. The van der Waals surface area contributed by atoms with E-state index in [2.05, 4.69) is 28.4 Å². The minimum Gasteiger partial charge on any atom is -0.314 e. The number of benzene rings is 1. The molecule has 2 nitrogen and oxygen atoms in total. The van der Waals surface area contributed by atoms with Crippen LogP contribution in [0.2, 0.25) is 5.02 Å². The summed E-state index contributed by atoms with van der Waals surface area (Å²) < 4.78 is 0. The lowest BCUT2D eigenvalue weighted by Gasteiger charge is -2.41. The van der Waals surface area contributed by atoms with Crippen LogP contribution in [-0.2, 0) is 0 Å². The molecule has 0 bridgehead atoms. The average molecular weight is 366 g/mol. The van der Waals surface area contributed by atoms with Gasteiger partial charge in [-0.3, -0.25) is 4.90 Å². The van der Waals surface area contributed by atoms with Crippen molar-refractivity contribution < 1.29 is 0 Å². The van der Waals surface area contributed by atoms with Gasteiger partial charge in [-0.2, -0.15) is 0 Å². The summed E-state index contributed by atoms with van der Waals surface area (Å²) in [6.07, 6.45) is 6.91. The molecule has 1 aliphatic carbocycles. The summed E-state index contributed by atoms with van der Waals surface area (Å²) in [5.74, 6) is 0.779. The first-order valence-electron chi connectivity index (χ1n) is 8.05. The van der Waals surface area contributed by atoms with Gasteiger partial charge in [0, 0.05) is 37.2 Å². The van der Waals surface area contributed by atoms with Gasteiger partial charge in [-0.1, -0.05) is 49.1 Å². The van der Waals surface area contributed by atoms with Crippen LogP contribution in [0.4, 0.5) is 0 Å². The van der Waals surface area contributed by atoms with Crippen molar-refractivity contribution in [2.75, 3.05) is 26.2 Å². The molecule has 1 heterocycles. The van der Waals surface area contributed by atoms with Crippen molar-refractivity contribution in [3.05, 3.63) is 34.9 Å². The smallest absolute Gasteiger partial charge is 0.0453 e. The first-order valence-corrected chi connectivity index (χ1v) is 8.43. The minimum absolute atomic E-state index is 0. The third kappa shape index (κ3) is 4.75. The number of halogens is 3. The molecule has 3 rings (SSSR count). The monoisotopic (exact) mass is 364 g/mol. The third-order valence-electron chi connectivity index (χ3n) is 4.87. The number of nitrogens with zero attached hydrogens (tertiary/aromatic N) is 1. The summed E-state index contributed by atoms with van der Waals surface area (Å²) in [6, 6.07) is 8.99. The van der Waals surface area contributed by atoms with Gasteiger partial charge in [-0.15, -0.1) is 24.8 Å². The van der Waals surface area contributed by atoms with Crippen molar-refractivity contribution in [3.8, 4) is 0 Å². The second kappa shape index (κ2) is 10.00. The van der Waals surface area contributed by atoms with E-state index in [1.165, 1.54) is 37.7 Å². The van der Waals surface area contributed by atoms with Crippen molar-refractivity contribution in [1.29, 1.82) is 0 Å². The SMILES string of the molecule is Cl.Cl.Clc1ccccc1[C@@H](C1CCCCC1)N1CCNCC1. The van der Waals surface area contributed by atoms with E-state index in [1.807, 2.05) is 6.07 Å². The average Bonchev–Trinajstić information content (AvgIpc) is 2.52. The number of rotatable bonds is 3.